The molecule has 0 radical (unpaired) electrons. The standard InChI is InChI=1S/C24H22ClFN4O5S/c1-30-22(31)24(29-23(30)27,16-6-8-19(9-7-16)35-36(32,33)11-10-34-2)17-5-3-4-15(12-17)20-13-18(26)14-28-21(20)25/h3-9,12-14H,10-11H2,1-2H3,(H2,27,29). The molecule has 1 aromatic heterocycles. The highest BCUT2D eigenvalue weighted by Gasteiger charge is 2.49. The predicted molar refractivity (Wildman–Crippen MR) is 133 cm³/mol. The van der Waals surface area contributed by atoms with E-state index in [1.807, 2.05) is 0 Å². The number of rotatable bonds is 8. The van der Waals surface area contributed by atoms with Gasteiger partial charge in [0.1, 0.15) is 22.5 Å². The van der Waals surface area contributed by atoms with Crippen LogP contribution < -0.4 is 9.92 Å². The van der Waals surface area contributed by atoms with Gasteiger partial charge in [-0.3, -0.25) is 9.69 Å². The lowest BCUT2D eigenvalue weighted by Crippen LogP contribution is -2.41. The van der Waals surface area contributed by atoms with E-state index in [1.165, 1.54) is 37.3 Å². The number of guanidine groups is 1. The molecule has 9 nitrogen and oxygen atoms in total. The highest BCUT2D eigenvalue weighted by molar-refractivity contribution is 7.87. The number of aromatic nitrogens is 1. The number of hydrogen-bond acceptors (Lipinski definition) is 8. The quantitative estimate of drug-likeness (QED) is 0.349. The fourth-order valence-electron chi connectivity index (χ4n) is 3.85. The van der Waals surface area contributed by atoms with Crippen LogP contribution in [-0.4, -0.2) is 56.7 Å². The van der Waals surface area contributed by atoms with Gasteiger partial charge in [-0.15, -0.1) is 0 Å². The zero-order valence-electron chi connectivity index (χ0n) is 19.3. The first kappa shape index (κ1) is 25.5. The fourth-order valence-corrected chi connectivity index (χ4v) is 4.92. The summed E-state index contributed by atoms with van der Waals surface area (Å²) < 4.78 is 48.0. The van der Waals surface area contributed by atoms with Gasteiger partial charge >= 0.3 is 10.1 Å². The zero-order chi connectivity index (χ0) is 26.1. The molecule has 0 saturated heterocycles. The molecule has 3 aromatic rings. The molecule has 12 heteroatoms. The van der Waals surface area contributed by atoms with Crippen molar-refractivity contribution in [2.24, 2.45) is 10.7 Å². The second-order valence-electron chi connectivity index (χ2n) is 7.98. The van der Waals surface area contributed by atoms with Crippen molar-refractivity contribution in [2.75, 3.05) is 26.5 Å². The third kappa shape index (κ3) is 4.77. The second-order valence-corrected chi connectivity index (χ2v) is 10.0. The minimum atomic E-state index is -3.87. The van der Waals surface area contributed by atoms with Crippen LogP contribution in [0.15, 0.2) is 65.8 Å². The van der Waals surface area contributed by atoms with E-state index in [4.69, 9.17) is 26.3 Å². The van der Waals surface area contributed by atoms with Gasteiger partial charge in [0, 0.05) is 19.7 Å². The summed E-state index contributed by atoms with van der Waals surface area (Å²) in [5, 5.41) is 0.0941. The minimum Gasteiger partial charge on any atom is -0.383 e. The molecule has 2 N–H and O–H groups in total. The maximum atomic E-state index is 13.9. The lowest BCUT2D eigenvalue weighted by atomic mass is 9.82. The number of aliphatic imine (C=N–C) groups is 1. The smallest absolute Gasteiger partial charge is 0.311 e. The van der Waals surface area contributed by atoms with Crippen molar-refractivity contribution in [1.29, 1.82) is 0 Å². The average Bonchev–Trinajstić information content (AvgIpc) is 3.09. The number of benzene rings is 2. The molecule has 1 aliphatic rings. The van der Waals surface area contributed by atoms with Crippen LogP contribution >= 0.6 is 11.6 Å². The van der Waals surface area contributed by atoms with E-state index in [1.54, 1.807) is 36.4 Å². The Morgan fingerprint density at radius 3 is 2.50 bits per heavy atom. The molecule has 36 heavy (non-hydrogen) atoms. The topological polar surface area (TPSA) is 124 Å². The van der Waals surface area contributed by atoms with Crippen molar-refractivity contribution in [2.45, 2.75) is 5.54 Å². The normalized spacial score (nSPS) is 17.8. The van der Waals surface area contributed by atoms with Crippen LogP contribution in [0.2, 0.25) is 5.15 Å². The van der Waals surface area contributed by atoms with Crippen LogP contribution in [0, 0.1) is 5.82 Å². The Bertz CT molecular complexity index is 1450. The van der Waals surface area contributed by atoms with Crippen LogP contribution in [0.5, 0.6) is 5.75 Å². The number of amides is 1. The van der Waals surface area contributed by atoms with Gasteiger partial charge in [-0.25, -0.2) is 14.4 Å². The van der Waals surface area contributed by atoms with Crippen molar-refractivity contribution in [1.82, 2.24) is 9.88 Å². The highest BCUT2D eigenvalue weighted by Crippen LogP contribution is 2.41. The number of methoxy groups -OCH3 is 1. The molecule has 0 saturated carbocycles. The summed E-state index contributed by atoms with van der Waals surface area (Å²) in [6.45, 7) is -0.0143. The summed E-state index contributed by atoms with van der Waals surface area (Å²) in [5.74, 6) is -1.25. The van der Waals surface area contributed by atoms with Gasteiger partial charge in [0.25, 0.3) is 5.91 Å². The van der Waals surface area contributed by atoms with Crippen LogP contribution in [0.25, 0.3) is 11.1 Å². The van der Waals surface area contributed by atoms with Gasteiger partial charge in [-0.2, -0.15) is 8.42 Å². The molecule has 1 aliphatic heterocycles. The van der Waals surface area contributed by atoms with E-state index in [0.717, 1.165) is 6.20 Å². The van der Waals surface area contributed by atoms with Crippen molar-refractivity contribution in [3.63, 3.8) is 0 Å². The highest BCUT2D eigenvalue weighted by atomic mass is 35.5. The molecule has 1 amide bonds. The molecule has 2 heterocycles. The summed E-state index contributed by atoms with van der Waals surface area (Å²) >= 11 is 6.20. The number of ether oxygens (including phenoxy) is 1. The summed E-state index contributed by atoms with van der Waals surface area (Å²) in [6, 6.07) is 13.9. The largest absolute Gasteiger partial charge is 0.383 e. The molecule has 1 atom stereocenters. The van der Waals surface area contributed by atoms with Gasteiger partial charge in [-0.05, 0) is 41.0 Å². The van der Waals surface area contributed by atoms with Crippen molar-refractivity contribution in [3.8, 4) is 16.9 Å². The molecule has 2 aromatic carbocycles. The Kier molecular flexibility index (Phi) is 6.98. The van der Waals surface area contributed by atoms with E-state index >= 15 is 0 Å². The molecule has 1 unspecified atom stereocenters. The van der Waals surface area contributed by atoms with Crippen LogP contribution in [0.4, 0.5) is 4.39 Å². The predicted octanol–water partition coefficient (Wildman–Crippen LogP) is 2.93. The Hall–Kier alpha value is -3.54. The summed E-state index contributed by atoms with van der Waals surface area (Å²) in [5.41, 5.74) is 6.18. The van der Waals surface area contributed by atoms with Crippen LogP contribution in [0.3, 0.4) is 0 Å². The van der Waals surface area contributed by atoms with E-state index in [-0.39, 0.29) is 29.2 Å². The zero-order valence-corrected chi connectivity index (χ0v) is 20.9. The Balaban J connectivity index is 1.79. The lowest BCUT2D eigenvalue weighted by molar-refractivity contribution is -0.129. The third-order valence-electron chi connectivity index (χ3n) is 5.67. The van der Waals surface area contributed by atoms with Crippen LogP contribution in [0.1, 0.15) is 11.1 Å². The third-order valence-corrected chi connectivity index (χ3v) is 7.08. The fraction of sp³-hybridized carbons (Fsp3) is 0.208. The first-order valence-corrected chi connectivity index (χ1v) is 12.6. The van der Waals surface area contributed by atoms with Gasteiger partial charge in [0.05, 0.1) is 12.8 Å². The van der Waals surface area contributed by atoms with Crippen molar-refractivity contribution in [3.05, 3.63) is 82.9 Å². The Labute approximate surface area is 212 Å². The van der Waals surface area contributed by atoms with E-state index in [2.05, 4.69) is 9.98 Å². The molecular weight excluding hydrogens is 511 g/mol. The first-order valence-electron chi connectivity index (χ1n) is 10.6. The molecule has 0 aliphatic carbocycles. The number of nitrogens with zero attached hydrogens (tertiary/aromatic N) is 3. The van der Waals surface area contributed by atoms with Crippen LogP contribution in [-0.2, 0) is 25.2 Å². The maximum Gasteiger partial charge on any atom is 0.311 e. The van der Waals surface area contributed by atoms with E-state index in [0.29, 0.717) is 22.3 Å². The molecule has 0 spiro atoms. The van der Waals surface area contributed by atoms with Crippen molar-refractivity contribution >= 4 is 33.6 Å². The van der Waals surface area contributed by atoms with Gasteiger partial charge in [0.15, 0.2) is 11.5 Å². The number of pyridine rings is 1. The lowest BCUT2D eigenvalue weighted by Gasteiger charge is -2.26. The minimum absolute atomic E-state index is 0.00155. The number of nitrogens with two attached hydrogens (primary N) is 1. The number of halogens is 2. The van der Waals surface area contributed by atoms with Gasteiger partial charge < -0.3 is 14.7 Å². The summed E-state index contributed by atoms with van der Waals surface area (Å²) in [4.78, 5) is 23.1. The number of carbonyl (C=O) groups is 1. The maximum absolute atomic E-state index is 13.9. The average molecular weight is 533 g/mol. The number of likely N-dealkylation sites (N-methyl/N-ethyl adjacent to an activating group) is 1. The number of hydrogen-bond donors (Lipinski definition) is 1. The molecule has 188 valence electrons. The molecule has 0 bridgehead atoms. The SMILES string of the molecule is COCCS(=O)(=O)Oc1ccc(C2(c3cccc(-c4cc(F)cnc4Cl)c3)N=C(N)N(C)C2=O)cc1. The molecule has 0 fully saturated rings. The molecule has 4 rings (SSSR count). The summed E-state index contributed by atoms with van der Waals surface area (Å²) in [6.07, 6.45) is 1.01. The number of carbonyl (C=O) groups excluding carboxylic acids is 1. The Morgan fingerprint density at radius 2 is 1.86 bits per heavy atom. The molecular formula is C24H22ClFN4O5S. The van der Waals surface area contributed by atoms with Gasteiger partial charge in [0.2, 0.25) is 0 Å². The Morgan fingerprint density at radius 1 is 1.14 bits per heavy atom. The monoisotopic (exact) mass is 532 g/mol. The summed E-state index contributed by atoms with van der Waals surface area (Å²) in [7, 11) is -0.977. The first-order chi connectivity index (χ1) is 17.1. The van der Waals surface area contributed by atoms with E-state index < -0.39 is 27.4 Å². The van der Waals surface area contributed by atoms with Crippen molar-refractivity contribution < 1.29 is 26.5 Å². The second kappa shape index (κ2) is 9.84. The van der Waals surface area contributed by atoms with Gasteiger partial charge in [-0.1, -0.05) is 41.9 Å². The van der Waals surface area contributed by atoms with E-state index in [9.17, 15) is 17.6 Å².